The average molecular weight is 336 g/mol. The molecule has 3 rings (SSSR count). The molecule has 3 aromatic heterocycles. The lowest BCUT2D eigenvalue weighted by atomic mass is 10.3. The Morgan fingerprint density at radius 2 is 1.95 bits per heavy atom. The third-order valence-electron chi connectivity index (χ3n) is 3.61. The number of nitrogens with zero attached hydrogens (tertiary/aromatic N) is 4. The minimum Gasteiger partial charge on any atom is -0.369 e. The number of hydrogen-bond acceptors (Lipinski definition) is 5. The van der Waals surface area contributed by atoms with E-state index in [1.54, 1.807) is 11.3 Å². The number of fused-ring (bicyclic) bond motifs is 1. The van der Waals surface area contributed by atoms with Gasteiger partial charge in [0.1, 0.15) is 10.2 Å². The SMILES string of the molecule is Cc1cc(NCCc2nc(C)c(Cl)s2)n2nc(C)c(C)c2n1. The molecule has 3 heterocycles. The van der Waals surface area contributed by atoms with Gasteiger partial charge in [-0.2, -0.15) is 9.61 Å². The molecule has 0 spiro atoms. The van der Waals surface area contributed by atoms with Crippen LogP contribution in [0.4, 0.5) is 5.82 Å². The zero-order valence-corrected chi connectivity index (χ0v) is 14.6. The summed E-state index contributed by atoms with van der Waals surface area (Å²) in [7, 11) is 0. The summed E-state index contributed by atoms with van der Waals surface area (Å²) in [6, 6.07) is 2.01. The number of anilines is 1. The van der Waals surface area contributed by atoms with Gasteiger partial charge in [0.2, 0.25) is 0 Å². The summed E-state index contributed by atoms with van der Waals surface area (Å²) in [5.74, 6) is 0.957. The van der Waals surface area contributed by atoms with Crippen molar-refractivity contribution in [2.24, 2.45) is 0 Å². The summed E-state index contributed by atoms with van der Waals surface area (Å²) >= 11 is 7.60. The highest BCUT2D eigenvalue weighted by molar-refractivity contribution is 7.16. The lowest BCUT2D eigenvalue weighted by Crippen LogP contribution is -2.10. The van der Waals surface area contributed by atoms with Gasteiger partial charge in [-0.15, -0.1) is 11.3 Å². The lowest BCUT2D eigenvalue weighted by Gasteiger charge is -2.08. The molecule has 0 aromatic carbocycles. The van der Waals surface area contributed by atoms with Crippen LogP contribution in [0.3, 0.4) is 0 Å². The second kappa shape index (κ2) is 5.85. The molecule has 3 aromatic rings. The van der Waals surface area contributed by atoms with Crippen molar-refractivity contribution >= 4 is 34.4 Å². The zero-order valence-electron chi connectivity index (χ0n) is 13.1. The minimum absolute atomic E-state index is 0.774. The van der Waals surface area contributed by atoms with E-state index in [9.17, 15) is 0 Å². The molecule has 0 bridgehead atoms. The Morgan fingerprint density at radius 3 is 2.64 bits per heavy atom. The van der Waals surface area contributed by atoms with Gasteiger partial charge in [0.05, 0.1) is 16.4 Å². The van der Waals surface area contributed by atoms with Crippen LogP contribution in [0.25, 0.3) is 5.65 Å². The van der Waals surface area contributed by atoms with E-state index in [-0.39, 0.29) is 0 Å². The number of aromatic nitrogens is 4. The van der Waals surface area contributed by atoms with Crippen LogP contribution in [0.2, 0.25) is 4.34 Å². The number of thiazole rings is 1. The van der Waals surface area contributed by atoms with Crippen LogP contribution in [-0.4, -0.2) is 26.1 Å². The van der Waals surface area contributed by atoms with Gasteiger partial charge in [-0.05, 0) is 27.7 Å². The quantitative estimate of drug-likeness (QED) is 0.789. The molecule has 0 saturated heterocycles. The molecule has 5 nitrogen and oxygen atoms in total. The fourth-order valence-electron chi connectivity index (χ4n) is 2.31. The van der Waals surface area contributed by atoms with Crippen molar-refractivity contribution in [2.75, 3.05) is 11.9 Å². The van der Waals surface area contributed by atoms with E-state index in [1.807, 2.05) is 38.3 Å². The largest absolute Gasteiger partial charge is 0.369 e. The third kappa shape index (κ3) is 2.80. The van der Waals surface area contributed by atoms with Crippen molar-refractivity contribution in [3.8, 4) is 0 Å². The summed E-state index contributed by atoms with van der Waals surface area (Å²) in [4.78, 5) is 9.02. The maximum atomic E-state index is 6.06. The van der Waals surface area contributed by atoms with Crippen LogP contribution < -0.4 is 5.32 Å². The van der Waals surface area contributed by atoms with Crippen molar-refractivity contribution < 1.29 is 0 Å². The molecule has 0 aliphatic rings. The van der Waals surface area contributed by atoms with E-state index < -0.39 is 0 Å². The number of hydrogen-bond donors (Lipinski definition) is 1. The summed E-state index contributed by atoms with van der Waals surface area (Å²) < 4.78 is 2.65. The summed E-state index contributed by atoms with van der Waals surface area (Å²) in [5, 5.41) is 9.03. The van der Waals surface area contributed by atoms with Crippen LogP contribution in [0, 0.1) is 27.7 Å². The van der Waals surface area contributed by atoms with Crippen LogP contribution in [0.5, 0.6) is 0 Å². The highest BCUT2D eigenvalue weighted by Gasteiger charge is 2.11. The normalized spacial score (nSPS) is 11.3. The first-order valence-electron chi connectivity index (χ1n) is 7.15. The molecule has 0 fully saturated rings. The number of halogens is 1. The van der Waals surface area contributed by atoms with Crippen LogP contribution in [0.15, 0.2) is 6.07 Å². The van der Waals surface area contributed by atoms with Crippen molar-refractivity contribution in [1.29, 1.82) is 0 Å². The van der Waals surface area contributed by atoms with Crippen LogP contribution in [-0.2, 0) is 6.42 Å². The molecule has 116 valence electrons. The van der Waals surface area contributed by atoms with E-state index in [0.717, 1.165) is 56.4 Å². The molecular formula is C15H18ClN5S. The smallest absolute Gasteiger partial charge is 0.160 e. The Morgan fingerprint density at radius 1 is 1.18 bits per heavy atom. The predicted molar refractivity (Wildman–Crippen MR) is 91.3 cm³/mol. The molecule has 1 N–H and O–H groups in total. The molecule has 0 radical (unpaired) electrons. The van der Waals surface area contributed by atoms with Gasteiger partial charge in [0, 0.05) is 30.3 Å². The molecule has 0 saturated carbocycles. The topological polar surface area (TPSA) is 55.1 Å². The molecule has 7 heteroatoms. The fourth-order valence-corrected chi connectivity index (χ4v) is 3.41. The van der Waals surface area contributed by atoms with Gasteiger partial charge >= 0.3 is 0 Å². The first-order valence-corrected chi connectivity index (χ1v) is 8.34. The Balaban J connectivity index is 1.80. The fraction of sp³-hybridized carbons (Fsp3) is 0.400. The summed E-state index contributed by atoms with van der Waals surface area (Å²) in [5.41, 5.74) is 4.92. The van der Waals surface area contributed by atoms with E-state index in [1.165, 1.54) is 0 Å². The van der Waals surface area contributed by atoms with E-state index >= 15 is 0 Å². The van der Waals surface area contributed by atoms with Crippen LogP contribution in [0.1, 0.15) is 27.7 Å². The zero-order chi connectivity index (χ0) is 15.9. The Labute approximate surface area is 138 Å². The summed E-state index contributed by atoms with van der Waals surface area (Å²) in [6.45, 7) is 8.76. The summed E-state index contributed by atoms with van der Waals surface area (Å²) in [6.07, 6.45) is 0.834. The van der Waals surface area contributed by atoms with Gasteiger partial charge in [0.15, 0.2) is 5.65 Å². The van der Waals surface area contributed by atoms with Crippen molar-refractivity contribution in [2.45, 2.75) is 34.1 Å². The number of aryl methyl sites for hydroxylation is 4. The molecule has 0 aliphatic heterocycles. The van der Waals surface area contributed by atoms with Crippen LogP contribution >= 0.6 is 22.9 Å². The molecule has 0 amide bonds. The monoisotopic (exact) mass is 335 g/mol. The number of nitrogens with one attached hydrogen (secondary N) is 1. The Bertz CT molecular complexity index is 817. The van der Waals surface area contributed by atoms with Gasteiger partial charge in [-0.25, -0.2) is 9.97 Å². The maximum Gasteiger partial charge on any atom is 0.160 e. The second-order valence-corrected chi connectivity index (χ2v) is 7.06. The first kappa shape index (κ1) is 15.2. The molecule has 0 unspecified atom stereocenters. The van der Waals surface area contributed by atoms with Gasteiger partial charge in [0.25, 0.3) is 0 Å². The number of rotatable bonds is 4. The average Bonchev–Trinajstić information content (AvgIpc) is 2.92. The lowest BCUT2D eigenvalue weighted by molar-refractivity contribution is 0.889. The van der Waals surface area contributed by atoms with Gasteiger partial charge in [-0.3, -0.25) is 0 Å². The van der Waals surface area contributed by atoms with E-state index in [2.05, 4.69) is 20.4 Å². The van der Waals surface area contributed by atoms with Gasteiger partial charge < -0.3 is 5.32 Å². The molecule has 22 heavy (non-hydrogen) atoms. The first-order chi connectivity index (χ1) is 10.5. The van der Waals surface area contributed by atoms with Gasteiger partial charge in [-0.1, -0.05) is 11.6 Å². The standard InChI is InChI=1S/C15H18ClN5S/c1-8-7-12(21-15(18-8)9(2)10(3)20-21)17-6-5-13-19-11(4)14(16)22-13/h7,17H,5-6H2,1-4H3. The van der Waals surface area contributed by atoms with Crippen molar-refractivity contribution in [1.82, 2.24) is 19.6 Å². The second-order valence-electron chi connectivity index (χ2n) is 5.37. The predicted octanol–water partition coefficient (Wildman–Crippen LogP) is 3.73. The highest BCUT2D eigenvalue weighted by atomic mass is 35.5. The van der Waals surface area contributed by atoms with E-state index in [4.69, 9.17) is 11.6 Å². The maximum absolute atomic E-state index is 6.06. The minimum atomic E-state index is 0.774. The molecular weight excluding hydrogens is 318 g/mol. The van der Waals surface area contributed by atoms with E-state index in [0.29, 0.717) is 0 Å². The highest BCUT2D eigenvalue weighted by Crippen LogP contribution is 2.24. The molecule has 0 aliphatic carbocycles. The third-order valence-corrected chi connectivity index (χ3v) is 5.12. The van der Waals surface area contributed by atoms with Crippen molar-refractivity contribution in [3.05, 3.63) is 38.1 Å². The Hall–Kier alpha value is -1.66. The molecule has 0 atom stereocenters. The van der Waals surface area contributed by atoms with Crippen molar-refractivity contribution in [3.63, 3.8) is 0 Å². The Kier molecular flexibility index (Phi) is 4.06.